The Morgan fingerprint density at radius 2 is 2.23 bits per heavy atom. The number of carbonyl (C=O) groups is 3. The minimum atomic E-state index is -1.30. The van der Waals surface area contributed by atoms with E-state index in [2.05, 4.69) is 19.8 Å². The lowest BCUT2D eigenvalue weighted by Crippen LogP contribution is -2.71. The summed E-state index contributed by atoms with van der Waals surface area (Å²) in [5.41, 5.74) is 4.67. The summed E-state index contributed by atoms with van der Waals surface area (Å²) in [7, 11) is 1.32. The van der Waals surface area contributed by atoms with Gasteiger partial charge in [-0.1, -0.05) is 5.16 Å². The molecule has 3 heterocycles. The van der Waals surface area contributed by atoms with Gasteiger partial charge >= 0.3 is 5.97 Å². The molecule has 0 bridgehead atoms. The zero-order valence-corrected chi connectivity index (χ0v) is 14.7. The van der Waals surface area contributed by atoms with Crippen molar-refractivity contribution < 1.29 is 29.4 Å². The molecule has 1 saturated heterocycles. The number of amides is 2. The Bertz CT molecular complexity index is 851. The van der Waals surface area contributed by atoms with Crippen molar-refractivity contribution >= 4 is 51.9 Å². The van der Waals surface area contributed by atoms with Gasteiger partial charge in [-0.2, -0.15) is 9.36 Å². The van der Waals surface area contributed by atoms with Crippen molar-refractivity contribution in [2.24, 2.45) is 5.16 Å². The summed E-state index contributed by atoms with van der Waals surface area (Å²) in [6, 6.07) is -0.993. The van der Waals surface area contributed by atoms with Gasteiger partial charge in [0.15, 0.2) is 10.8 Å². The molecule has 26 heavy (non-hydrogen) atoms. The van der Waals surface area contributed by atoms with Crippen LogP contribution >= 0.6 is 23.3 Å². The van der Waals surface area contributed by atoms with E-state index >= 15 is 0 Å². The maximum atomic E-state index is 12.4. The fourth-order valence-corrected chi connectivity index (χ4v) is 4.23. The SMILES string of the molecule is COC1=C(C(=O)O)N2C(=O)[C@@H](NC(=O)C(=NO)c3nsc(N)n3)[C@H]2SC1. The highest BCUT2D eigenvalue weighted by atomic mass is 32.2. The molecular weight excluding hydrogens is 388 g/mol. The van der Waals surface area contributed by atoms with E-state index in [1.54, 1.807) is 0 Å². The van der Waals surface area contributed by atoms with Gasteiger partial charge in [0, 0.05) is 11.5 Å². The Kier molecular flexibility index (Phi) is 4.69. The molecule has 12 nitrogen and oxygen atoms in total. The number of oxime groups is 1. The number of nitrogens with two attached hydrogens (primary N) is 1. The number of fused-ring (bicyclic) bond motifs is 1. The van der Waals surface area contributed by atoms with Gasteiger partial charge in [0.25, 0.3) is 11.8 Å². The van der Waals surface area contributed by atoms with Crippen LogP contribution in [0, 0.1) is 0 Å². The maximum Gasteiger partial charge on any atom is 0.356 e. The molecule has 2 aliphatic rings. The van der Waals surface area contributed by atoms with Crippen LogP contribution in [0.2, 0.25) is 0 Å². The van der Waals surface area contributed by atoms with Crippen molar-refractivity contribution in [1.29, 1.82) is 0 Å². The number of nitrogen functional groups attached to an aromatic ring is 1. The molecule has 5 N–H and O–H groups in total. The molecule has 0 unspecified atom stereocenters. The molecule has 14 heteroatoms. The monoisotopic (exact) mass is 400 g/mol. The normalized spacial score (nSPS) is 22.6. The topological polar surface area (TPSA) is 180 Å². The van der Waals surface area contributed by atoms with E-state index in [1.165, 1.54) is 18.9 Å². The van der Waals surface area contributed by atoms with Crippen molar-refractivity contribution in [2.45, 2.75) is 11.4 Å². The number of hydrogen-bond donors (Lipinski definition) is 4. The van der Waals surface area contributed by atoms with Gasteiger partial charge in [-0.15, -0.1) is 11.8 Å². The average molecular weight is 400 g/mol. The summed E-state index contributed by atoms with van der Waals surface area (Å²) < 4.78 is 8.78. The quantitative estimate of drug-likeness (QED) is 0.199. The summed E-state index contributed by atoms with van der Waals surface area (Å²) in [6.45, 7) is 0. The van der Waals surface area contributed by atoms with E-state index in [1.807, 2.05) is 0 Å². The number of carboxylic acid groups (broad SMARTS) is 1. The molecule has 138 valence electrons. The number of nitrogens with one attached hydrogen (secondary N) is 1. The molecule has 3 rings (SSSR count). The van der Waals surface area contributed by atoms with Gasteiger partial charge in [-0.3, -0.25) is 14.5 Å². The van der Waals surface area contributed by atoms with Gasteiger partial charge in [-0.25, -0.2) is 4.79 Å². The highest BCUT2D eigenvalue weighted by molar-refractivity contribution is 8.00. The van der Waals surface area contributed by atoms with Crippen LogP contribution in [0.3, 0.4) is 0 Å². The number of β-lactam (4-membered cyclic amide) rings is 1. The molecule has 0 saturated carbocycles. The van der Waals surface area contributed by atoms with Crippen LogP contribution in [0.15, 0.2) is 16.6 Å². The Morgan fingerprint density at radius 1 is 1.50 bits per heavy atom. The average Bonchev–Trinajstić information content (AvgIpc) is 3.04. The number of aromatic nitrogens is 2. The molecule has 1 fully saturated rings. The molecule has 2 aliphatic heterocycles. The van der Waals surface area contributed by atoms with Crippen LogP contribution in [0.1, 0.15) is 5.82 Å². The Hall–Kier alpha value is -2.87. The molecule has 1 aromatic heterocycles. The summed E-state index contributed by atoms with van der Waals surface area (Å²) >= 11 is 2.04. The number of carbonyl (C=O) groups excluding carboxylic acids is 2. The third-order valence-electron chi connectivity index (χ3n) is 3.64. The first-order valence-corrected chi connectivity index (χ1v) is 8.78. The lowest BCUT2D eigenvalue weighted by atomic mass is 10.0. The molecule has 2 atom stereocenters. The molecular formula is C12H12N6O6S2. The van der Waals surface area contributed by atoms with Crippen LogP contribution < -0.4 is 11.1 Å². The second kappa shape index (κ2) is 6.80. The molecule has 0 aliphatic carbocycles. The van der Waals surface area contributed by atoms with Gasteiger partial charge in [0.1, 0.15) is 17.2 Å². The Balaban J connectivity index is 1.77. The van der Waals surface area contributed by atoms with Crippen LogP contribution in [0.4, 0.5) is 5.13 Å². The summed E-state index contributed by atoms with van der Waals surface area (Å²) in [5, 5.41) is 23.1. The first-order valence-electron chi connectivity index (χ1n) is 6.96. The fourth-order valence-electron chi connectivity index (χ4n) is 2.48. The predicted molar refractivity (Wildman–Crippen MR) is 89.3 cm³/mol. The number of thioether (sulfide) groups is 1. The van der Waals surface area contributed by atoms with Crippen molar-refractivity contribution in [3.63, 3.8) is 0 Å². The molecule has 1 aromatic rings. The minimum absolute atomic E-state index is 0.0750. The first-order chi connectivity index (χ1) is 12.4. The number of aliphatic carboxylic acids is 1. The lowest BCUT2D eigenvalue weighted by Gasteiger charge is -2.48. The third-order valence-corrected chi connectivity index (χ3v) is 5.43. The minimum Gasteiger partial charge on any atom is -0.498 e. The van der Waals surface area contributed by atoms with E-state index < -0.39 is 34.9 Å². The number of ether oxygens (including phenoxy) is 1. The smallest absolute Gasteiger partial charge is 0.356 e. The highest BCUT2D eigenvalue weighted by Gasteiger charge is 2.55. The fraction of sp³-hybridized carbons (Fsp3) is 0.333. The van der Waals surface area contributed by atoms with Crippen LogP contribution in [-0.2, 0) is 19.1 Å². The number of rotatable bonds is 5. The van der Waals surface area contributed by atoms with Crippen molar-refractivity contribution in [3.8, 4) is 0 Å². The van der Waals surface area contributed by atoms with E-state index in [-0.39, 0.29) is 28.2 Å². The van der Waals surface area contributed by atoms with Gasteiger partial charge in [0.2, 0.25) is 11.5 Å². The van der Waals surface area contributed by atoms with E-state index in [9.17, 15) is 19.5 Å². The van der Waals surface area contributed by atoms with E-state index in [0.717, 1.165) is 16.4 Å². The third kappa shape index (κ3) is 2.82. The Labute approximate surface area is 153 Å². The number of methoxy groups -OCH3 is 1. The molecule has 2 amide bonds. The molecule has 0 radical (unpaired) electrons. The van der Waals surface area contributed by atoms with Gasteiger partial charge in [0.05, 0.1) is 12.9 Å². The maximum absolute atomic E-state index is 12.4. The number of hydrogen-bond acceptors (Lipinski definition) is 11. The summed E-state index contributed by atoms with van der Waals surface area (Å²) in [6.07, 6.45) is 0. The standard InChI is InChI=1S/C12H12N6O6S2/c1-24-3-2-25-10-5(9(20)18(10)6(3)11(21)22)14-8(19)4(16-23)7-15-12(13)26-17-7/h5,10,23H,2H2,1H3,(H,14,19)(H,21,22)(H2,13,15,17)/t5-,10-/m1/s1. The largest absolute Gasteiger partial charge is 0.498 e. The second-order valence-electron chi connectivity index (χ2n) is 5.05. The summed E-state index contributed by atoms with van der Waals surface area (Å²) in [4.78, 5) is 40.9. The predicted octanol–water partition coefficient (Wildman–Crippen LogP) is -1.36. The van der Waals surface area contributed by atoms with Gasteiger partial charge < -0.3 is 26.1 Å². The zero-order valence-electron chi connectivity index (χ0n) is 13.1. The van der Waals surface area contributed by atoms with Crippen molar-refractivity contribution in [3.05, 3.63) is 17.3 Å². The summed E-state index contributed by atoms with van der Waals surface area (Å²) in [5.74, 6) is -2.60. The van der Waals surface area contributed by atoms with E-state index in [4.69, 9.17) is 15.7 Å². The number of nitrogens with zero attached hydrogens (tertiary/aromatic N) is 4. The van der Waals surface area contributed by atoms with E-state index in [0.29, 0.717) is 0 Å². The van der Waals surface area contributed by atoms with Crippen LogP contribution in [0.25, 0.3) is 0 Å². The van der Waals surface area contributed by atoms with Crippen LogP contribution in [0.5, 0.6) is 0 Å². The lowest BCUT2D eigenvalue weighted by molar-refractivity contribution is -0.150. The van der Waals surface area contributed by atoms with Crippen molar-refractivity contribution in [2.75, 3.05) is 18.6 Å². The number of anilines is 1. The zero-order chi connectivity index (χ0) is 19.0. The second-order valence-corrected chi connectivity index (χ2v) is 6.94. The highest BCUT2D eigenvalue weighted by Crippen LogP contribution is 2.40. The first kappa shape index (κ1) is 17.9. The van der Waals surface area contributed by atoms with Crippen molar-refractivity contribution in [1.82, 2.24) is 19.6 Å². The Morgan fingerprint density at radius 3 is 2.77 bits per heavy atom. The number of carboxylic acids is 1. The van der Waals surface area contributed by atoms with Crippen LogP contribution in [-0.4, -0.2) is 72.3 Å². The molecule has 0 aromatic carbocycles. The molecule has 0 spiro atoms. The van der Waals surface area contributed by atoms with Gasteiger partial charge in [-0.05, 0) is 0 Å².